The number of aliphatic carboxylic acids is 1. The average Bonchev–Trinajstić information content (AvgIpc) is 2.28. The lowest BCUT2D eigenvalue weighted by atomic mass is 10.3. The Morgan fingerprint density at radius 1 is 1.44 bits per heavy atom. The molecule has 0 rings (SSSR count). The Balaban J connectivity index is 3.73. The van der Waals surface area contributed by atoms with Crippen LogP contribution in [0.4, 0.5) is 4.79 Å². The van der Waals surface area contributed by atoms with Gasteiger partial charge >= 0.3 is 12.1 Å². The zero-order chi connectivity index (χ0) is 14.0. The van der Waals surface area contributed by atoms with Gasteiger partial charge in [-0.25, -0.2) is 4.79 Å². The van der Waals surface area contributed by atoms with Crippen LogP contribution in [0.2, 0.25) is 0 Å². The first kappa shape index (κ1) is 15.9. The molecule has 0 aromatic heterocycles. The van der Waals surface area contributed by atoms with Gasteiger partial charge in [0.2, 0.25) is 0 Å². The van der Waals surface area contributed by atoms with E-state index in [9.17, 15) is 9.59 Å². The van der Waals surface area contributed by atoms with Crippen molar-refractivity contribution in [3.8, 4) is 0 Å². The highest BCUT2D eigenvalue weighted by molar-refractivity contribution is 5.66. The maximum absolute atomic E-state index is 10.7. The fourth-order valence-electron chi connectivity index (χ4n) is 0.859. The maximum atomic E-state index is 10.7. The van der Waals surface area contributed by atoms with Crippen LogP contribution in [-0.2, 0) is 19.1 Å². The molecule has 0 fully saturated rings. The van der Waals surface area contributed by atoms with Gasteiger partial charge < -0.3 is 19.4 Å². The molecule has 0 aliphatic heterocycles. The predicted molar refractivity (Wildman–Crippen MR) is 58.4 cm³/mol. The standard InChI is InChI=1S/C9H17N3O6/c1-7(17-9(15)16-3)18-11-10-12(2)6-4-5-8(13)14/h7H,4-6H2,1-3H3,(H,13,14). The molecule has 0 aliphatic carbocycles. The second kappa shape index (κ2) is 9.02. The summed E-state index contributed by atoms with van der Waals surface area (Å²) in [5, 5.41) is 16.8. The Morgan fingerprint density at radius 3 is 2.67 bits per heavy atom. The van der Waals surface area contributed by atoms with E-state index in [0.29, 0.717) is 13.0 Å². The molecule has 0 aliphatic rings. The number of ether oxygens (including phenoxy) is 2. The Labute approximate surface area is 104 Å². The number of carboxylic acids is 1. The molecule has 0 radical (unpaired) electrons. The lowest BCUT2D eigenvalue weighted by Gasteiger charge is -2.11. The second-order valence-electron chi connectivity index (χ2n) is 3.29. The van der Waals surface area contributed by atoms with Gasteiger partial charge in [0.15, 0.2) is 0 Å². The highest BCUT2D eigenvalue weighted by Gasteiger charge is 2.09. The minimum absolute atomic E-state index is 0.0581. The number of nitrogens with zero attached hydrogens (tertiary/aromatic N) is 3. The van der Waals surface area contributed by atoms with E-state index in [-0.39, 0.29) is 6.42 Å². The molecule has 1 atom stereocenters. The van der Waals surface area contributed by atoms with Crippen LogP contribution in [-0.4, -0.2) is 49.2 Å². The first-order chi connectivity index (χ1) is 8.45. The third-order valence-electron chi connectivity index (χ3n) is 1.69. The number of rotatable bonds is 8. The fourth-order valence-corrected chi connectivity index (χ4v) is 0.859. The molecule has 0 spiro atoms. The molecule has 0 saturated carbocycles. The maximum Gasteiger partial charge on any atom is 0.511 e. The molecular weight excluding hydrogens is 246 g/mol. The first-order valence-corrected chi connectivity index (χ1v) is 5.20. The Hall–Kier alpha value is -2.06. The van der Waals surface area contributed by atoms with Crippen molar-refractivity contribution < 1.29 is 29.0 Å². The van der Waals surface area contributed by atoms with Crippen molar-refractivity contribution in [3.63, 3.8) is 0 Å². The van der Waals surface area contributed by atoms with Crippen molar-refractivity contribution in [2.75, 3.05) is 20.7 Å². The molecule has 0 amide bonds. The van der Waals surface area contributed by atoms with Gasteiger partial charge in [-0.1, -0.05) is 0 Å². The first-order valence-electron chi connectivity index (χ1n) is 5.20. The summed E-state index contributed by atoms with van der Waals surface area (Å²) in [6.07, 6.45) is -1.30. The van der Waals surface area contributed by atoms with E-state index in [2.05, 4.69) is 24.8 Å². The molecule has 0 saturated heterocycles. The molecular formula is C9H17N3O6. The topological polar surface area (TPSA) is 110 Å². The summed E-state index contributed by atoms with van der Waals surface area (Å²) in [5.74, 6) is -0.864. The molecule has 0 aromatic carbocycles. The van der Waals surface area contributed by atoms with Crippen LogP contribution in [0.3, 0.4) is 0 Å². The van der Waals surface area contributed by atoms with Gasteiger partial charge in [0.1, 0.15) is 0 Å². The highest BCUT2D eigenvalue weighted by atomic mass is 16.8. The molecule has 1 unspecified atom stereocenters. The fraction of sp³-hybridized carbons (Fsp3) is 0.778. The van der Waals surface area contributed by atoms with Crippen LogP contribution < -0.4 is 0 Å². The van der Waals surface area contributed by atoms with Crippen molar-refractivity contribution in [2.45, 2.75) is 26.1 Å². The van der Waals surface area contributed by atoms with Crippen molar-refractivity contribution in [2.24, 2.45) is 10.5 Å². The average molecular weight is 263 g/mol. The lowest BCUT2D eigenvalue weighted by Crippen LogP contribution is -2.17. The molecule has 9 heteroatoms. The summed E-state index contributed by atoms with van der Waals surface area (Å²) in [6.45, 7) is 1.87. The summed E-state index contributed by atoms with van der Waals surface area (Å²) >= 11 is 0. The van der Waals surface area contributed by atoms with E-state index in [1.54, 1.807) is 7.05 Å². The van der Waals surface area contributed by atoms with Gasteiger partial charge in [-0.15, -0.1) is 0 Å². The zero-order valence-electron chi connectivity index (χ0n) is 10.5. The molecule has 0 aromatic rings. The molecule has 9 nitrogen and oxygen atoms in total. The smallest absolute Gasteiger partial charge is 0.481 e. The number of hydrogen-bond acceptors (Lipinski definition) is 7. The zero-order valence-corrected chi connectivity index (χ0v) is 10.5. The van der Waals surface area contributed by atoms with Crippen molar-refractivity contribution in [3.05, 3.63) is 0 Å². The Kier molecular flexibility index (Phi) is 7.99. The predicted octanol–water partition coefficient (Wildman–Crippen LogP) is 1.21. The number of hydrogen-bond donors (Lipinski definition) is 1. The van der Waals surface area contributed by atoms with Gasteiger partial charge in [0.05, 0.1) is 7.11 Å². The van der Waals surface area contributed by atoms with E-state index in [0.717, 1.165) is 0 Å². The van der Waals surface area contributed by atoms with Crippen LogP contribution in [0, 0.1) is 0 Å². The summed E-state index contributed by atoms with van der Waals surface area (Å²) in [6, 6.07) is 0. The van der Waals surface area contributed by atoms with Crippen LogP contribution in [0.1, 0.15) is 19.8 Å². The SMILES string of the molecule is COC(=O)OC(C)ON=NN(C)CCCC(=O)O. The van der Waals surface area contributed by atoms with E-state index in [1.807, 2.05) is 0 Å². The van der Waals surface area contributed by atoms with Gasteiger partial charge in [-0.2, -0.15) is 0 Å². The molecule has 18 heavy (non-hydrogen) atoms. The van der Waals surface area contributed by atoms with E-state index in [4.69, 9.17) is 5.11 Å². The van der Waals surface area contributed by atoms with Crippen molar-refractivity contribution in [1.29, 1.82) is 0 Å². The summed E-state index contributed by atoms with van der Waals surface area (Å²) in [4.78, 5) is 25.6. The normalized spacial score (nSPS) is 11.9. The third-order valence-corrected chi connectivity index (χ3v) is 1.69. The number of carboxylic acid groups (broad SMARTS) is 1. The van der Waals surface area contributed by atoms with E-state index < -0.39 is 18.4 Å². The van der Waals surface area contributed by atoms with Gasteiger partial charge in [-0.05, 0) is 11.6 Å². The number of carbonyl (C=O) groups excluding carboxylic acids is 1. The molecule has 0 bridgehead atoms. The van der Waals surface area contributed by atoms with Gasteiger partial charge in [0, 0.05) is 32.2 Å². The monoisotopic (exact) mass is 263 g/mol. The number of carbonyl (C=O) groups is 2. The Bertz CT molecular complexity index is 296. The van der Waals surface area contributed by atoms with Gasteiger partial charge in [0.25, 0.3) is 6.29 Å². The van der Waals surface area contributed by atoms with Gasteiger partial charge in [-0.3, -0.25) is 9.80 Å². The lowest BCUT2D eigenvalue weighted by molar-refractivity contribution is -0.137. The minimum Gasteiger partial charge on any atom is -0.481 e. The van der Waals surface area contributed by atoms with Crippen molar-refractivity contribution in [1.82, 2.24) is 5.01 Å². The quantitative estimate of drug-likeness (QED) is 0.303. The minimum atomic E-state index is -0.923. The molecule has 0 heterocycles. The molecule has 1 N–H and O–H groups in total. The van der Waals surface area contributed by atoms with Crippen molar-refractivity contribution >= 4 is 12.1 Å². The van der Waals surface area contributed by atoms with Crippen LogP contribution >= 0.6 is 0 Å². The largest absolute Gasteiger partial charge is 0.511 e. The summed E-state index contributed by atoms with van der Waals surface area (Å²) in [5.41, 5.74) is 0. The third kappa shape index (κ3) is 9.19. The van der Waals surface area contributed by atoms with E-state index >= 15 is 0 Å². The molecule has 104 valence electrons. The Morgan fingerprint density at radius 2 is 2.11 bits per heavy atom. The van der Waals surface area contributed by atoms with Crippen LogP contribution in [0.15, 0.2) is 10.5 Å². The summed E-state index contributed by atoms with van der Waals surface area (Å²) in [7, 11) is 2.79. The van der Waals surface area contributed by atoms with Crippen LogP contribution in [0.5, 0.6) is 0 Å². The highest BCUT2D eigenvalue weighted by Crippen LogP contribution is 1.99. The number of methoxy groups -OCH3 is 1. The van der Waals surface area contributed by atoms with Crippen LogP contribution in [0.25, 0.3) is 0 Å². The second-order valence-corrected chi connectivity index (χ2v) is 3.29. The van der Waals surface area contributed by atoms with E-state index in [1.165, 1.54) is 19.0 Å². The summed E-state index contributed by atoms with van der Waals surface area (Å²) < 4.78 is 8.80.